The van der Waals surface area contributed by atoms with E-state index in [4.69, 9.17) is 9.47 Å². The van der Waals surface area contributed by atoms with E-state index < -0.39 is 0 Å². The molecule has 4 nitrogen and oxygen atoms in total. The Hall–Kier alpha value is -1.71. The van der Waals surface area contributed by atoms with E-state index in [-0.39, 0.29) is 12.7 Å². The minimum atomic E-state index is 0.193. The van der Waals surface area contributed by atoms with Crippen LogP contribution in [0.25, 0.3) is 0 Å². The zero-order chi connectivity index (χ0) is 12.4. The molecule has 3 rings (SSSR count). The van der Waals surface area contributed by atoms with Crippen LogP contribution >= 0.6 is 0 Å². The predicted molar refractivity (Wildman–Crippen MR) is 66.7 cm³/mol. The summed E-state index contributed by atoms with van der Waals surface area (Å²) in [5.74, 6) is 1.68. The van der Waals surface area contributed by atoms with Crippen LogP contribution in [0.2, 0.25) is 0 Å². The van der Waals surface area contributed by atoms with Crippen molar-refractivity contribution >= 4 is 5.91 Å². The topological polar surface area (TPSA) is 38.8 Å². The number of piperidine rings is 1. The molecule has 2 heterocycles. The van der Waals surface area contributed by atoms with Gasteiger partial charge in [0.1, 0.15) is 0 Å². The highest BCUT2D eigenvalue weighted by Gasteiger charge is 2.22. The lowest BCUT2D eigenvalue weighted by molar-refractivity contribution is -0.131. The van der Waals surface area contributed by atoms with Gasteiger partial charge in [-0.05, 0) is 25.3 Å². The molecule has 0 N–H and O–H groups in total. The number of ether oxygens (including phenoxy) is 2. The van der Waals surface area contributed by atoms with Gasteiger partial charge in [0.05, 0.1) is 6.42 Å². The Bertz CT molecular complexity index is 452. The van der Waals surface area contributed by atoms with E-state index in [2.05, 4.69) is 0 Å². The van der Waals surface area contributed by atoms with Crippen molar-refractivity contribution in [2.75, 3.05) is 19.9 Å². The van der Waals surface area contributed by atoms with Crippen molar-refractivity contribution < 1.29 is 14.3 Å². The molecule has 0 aliphatic carbocycles. The predicted octanol–water partition coefficient (Wildman–Crippen LogP) is 1.97. The maximum absolute atomic E-state index is 12.2. The van der Waals surface area contributed by atoms with E-state index >= 15 is 0 Å². The van der Waals surface area contributed by atoms with Crippen molar-refractivity contribution in [3.8, 4) is 11.5 Å². The molecule has 18 heavy (non-hydrogen) atoms. The van der Waals surface area contributed by atoms with Crippen molar-refractivity contribution in [1.29, 1.82) is 0 Å². The zero-order valence-electron chi connectivity index (χ0n) is 10.4. The molecule has 1 aromatic rings. The number of para-hydroxylation sites is 1. The average Bonchev–Trinajstić information content (AvgIpc) is 2.89. The lowest BCUT2D eigenvalue weighted by atomic mass is 10.1. The minimum absolute atomic E-state index is 0.193. The summed E-state index contributed by atoms with van der Waals surface area (Å²) in [6.45, 7) is 2.04. The molecule has 4 heteroatoms. The number of hydrogen-bond donors (Lipinski definition) is 0. The van der Waals surface area contributed by atoms with Crippen molar-refractivity contribution in [3.63, 3.8) is 0 Å². The van der Waals surface area contributed by atoms with Crippen LogP contribution < -0.4 is 9.47 Å². The molecule has 1 saturated heterocycles. The van der Waals surface area contributed by atoms with Crippen LogP contribution in [-0.4, -0.2) is 30.7 Å². The Balaban J connectivity index is 1.72. The summed E-state index contributed by atoms with van der Waals surface area (Å²) in [5, 5.41) is 0. The van der Waals surface area contributed by atoms with Gasteiger partial charge >= 0.3 is 0 Å². The smallest absolute Gasteiger partial charge is 0.231 e. The van der Waals surface area contributed by atoms with Crippen LogP contribution in [0, 0.1) is 0 Å². The third-order valence-electron chi connectivity index (χ3n) is 3.53. The molecule has 2 aliphatic heterocycles. The Kier molecular flexibility index (Phi) is 3.09. The Labute approximate surface area is 106 Å². The van der Waals surface area contributed by atoms with Gasteiger partial charge in [0.15, 0.2) is 11.5 Å². The number of fused-ring (bicyclic) bond motifs is 1. The SMILES string of the molecule is O=C(Cc1cccc2c1OCO2)N1CCCCC1. The molecule has 0 spiro atoms. The first-order valence-corrected chi connectivity index (χ1v) is 6.50. The average molecular weight is 247 g/mol. The van der Waals surface area contributed by atoms with Crippen molar-refractivity contribution in [1.82, 2.24) is 4.90 Å². The minimum Gasteiger partial charge on any atom is -0.454 e. The van der Waals surface area contributed by atoms with E-state index in [1.54, 1.807) is 0 Å². The first kappa shape index (κ1) is 11.4. The zero-order valence-corrected chi connectivity index (χ0v) is 10.4. The summed E-state index contributed by atoms with van der Waals surface area (Å²) < 4.78 is 10.7. The molecule has 0 aromatic heterocycles. The van der Waals surface area contributed by atoms with Crippen molar-refractivity contribution in [3.05, 3.63) is 23.8 Å². The van der Waals surface area contributed by atoms with Gasteiger partial charge in [0.2, 0.25) is 12.7 Å². The number of carbonyl (C=O) groups is 1. The lowest BCUT2D eigenvalue weighted by Gasteiger charge is -2.26. The van der Waals surface area contributed by atoms with Crippen LogP contribution in [0.3, 0.4) is 0 Å². The molecule has 96 valence electrons. The molecular formula is C14H17NO3. The van der Waals surface area contributed by atoms with E-state index in [9.17, 15) is 4.79 Å². The van der Waals surface area contributed by atoms with Crippen LogP contribution in [-0.2, 0) is 11.2 Å². The molecule has 0 saturated carbocycles. The maximum Gasteiger partial charge on any atom is 0.231 e. The first-order chi connectivity index (χ1) is 8.84. The second kappa shape index (κ2) is 4.88. The first-order valence-electron chi connectivity index (χ1n) is 6.50. The highest BCUT2D eigenvalue weighted by Crippen LogP contribution is 2.35. The third kappa shape index (κ3) is 2.15. The largest absolute Gasteiger partial charge is 0.454 e. The van der Waals surface area contributed by atoms with Crippen LogP contribution in [0.1, 0.15) is 24.8 Å². The molecule has 0 atom stereocenters. The standard InChI is InChI=1S/C14H17NO3/c16-13(15-7-2-1-3-8-15)9-11-5-4-6-12-14(11)18-10-17-12/h4-6H,1-3,7-10H2. The molecule has 0 radical (unpaired) electrons. The molecule has 0 unspecified atom stereocenters. The van der Waals surface area contributed by atoms with Crippen molar-refractivity contribution in [2.45, 2.75) is 25.7 Å². The van der Waals surface area contributed by atoms with Gasteiger partial charge in [-0.15, -0.1) is 0 Å². The highest BCUT2D eigenvalue weighted by atomic mass is 16.7. The summed E-state index contributed by atoms with van der Waals surface area (Å²) in [6.07, 6.45) is 3.89. The molecule has 1 aromatic carbocycles. The maximum atomic E-state index is 12.2. The number of amides is 1. The van der Waals surface area contributed by atoms with E-state index in [0.29, 0.717) is 6.42 Å². The lowest BCUT2D eigenvalue weighted by Crippen LogP contribution is -2.36. The summed E-state index contributed by atoms with van der Waals surface area (Å²) in [6, 6.07) is 5.72. The molecule has 1 fully saturated rings. The number of likely N-dealkylation sites (tertiary alicyclic amines) is 1. The van der Waals surface area contributed by atoms with E-state index in [1.807, 2.05) is 23.1 Å². The van der Waals surface area contributed by atoms with Gasteiger partial charge in [0.25, 0.3) is 0 Å². The van der Waals surface area contributed by atoms with Crippen molar-refractivity contribution in [2.24, 2.45) is 0 Å². The summed E-state index contributed by atoms with van der Waals surface area (Å²) in [4.78, 5) is 14.2. The van der Waals surface area contributed by atoms with Crippen LogP contribution in [0.5, 0.6) is 11.5 Å². The number of nitrogens with zero attached hydrogens (tertiary/aromatic N) is 1. The van der Waals surface area contributed by atoms with Gasteiger partial charge in [-0.2, -0.15) is 0 Å². The Morgan fingerprint density at radius 3 is 2.83 bits per heavy atom. The van der Waals surface area contributed by atoms with E-state index in [1.165, 1.54) is 6.42 Å². The quantitative estimate of drug-likeness (QED) is 0.802. The summed E-state index contributed by atoms with van der Waals surface area (Å²) in [7, 11) is 0. The second-order valence-electron chi connectivity index (χ2n) is 4.77. The van der Waals surface area contributed by atoms with Gasteiger partial charge in [-0.1, -0.05) is 12.1 Å². The normalized spacial score (nSPS) is 17.9. The Morgan fingerprint density at radius 2 is 2.00 bits per heavy atom. The second-order valence-corrected chi connectivity index (χ2v) is 4.77. The number of carbonyl (C=O) groups excluding carboxylic acids is 1. The molecule has 2 aliphatic rings. The fraction of sp³-hybridized carbons (Fsp3) is 0.500. The summed E-state index contributed by atoms with van der Waals surface area (Å²) in [5.41, 5.74) is 0.931. The van der Waals surface area contributed by atoms with Crippen LogP contribution in [0.15, 0.2) is 18.2 Å². The fourth-order valence-corrected chi connectivity index (χ4v) is 2.55. The monoisotopic (exact) mass is 247 g/mol. The highest BCUT2D eigenvalue weighted by molar-refractivity contribution is 5.80. The van der Waals surface area contributed by atoms with Crippen LogP contribution in [0.4, 0.5) is 0 Å². The number of hydrogen-bond acceptors (Lipinski definition) is 3. The molecular weight excluding hydrogens is 230 g/mol. The Morgan fingerprint density at radius 1 is 1.17 bits per heavy atom. The number of rotatable bonds is 2. The fourth-order valence-electron chi connectivity index (χ4n) is 2.55. The van der Waals surface area contributed by atoms with Gasteiger partial charge in [-0.25, -0.2) is 0 Å². The summed E-state index contributed by atoms with van der Waals surface area (Å²) >= 11 is 0. The van der Waals surface area contributed by atoms with Gasteiger partial charge in [-0.3, -0.25) is 4.79 Å². The molecule has 1 amide bonds. The third-order valence-corrected chi connectivity index (χ3v) is 3.53. The van der Waals surface area contributed by atoms with Gasteiger partial charge in [0, 0.05) is 18.7 Å². The van der Waals surface area contributed by atoms with Gasteiger partial charge < -0.3 is 14.4 Å². The number of benzene rings is 1. The van der Waals surface area contributed by atoms with E-state index in [0.717, 1.165) is 43.0 Å². The molecule has 0 bridgehead atoms.